The number of nitrogens with zero attached hydrogens (tertiary/aromatic N) is 2. The Balaban J connectivity index is 1.36. The standard InChI is InChI=1S/C27H33FN2O4S/c1-20-7-10-25(21-5-3-2-4-6-21)35(31,32)30(20)18-22-8-9-23(17-24(22)28)26(19-29)11-13-27(14-12-26)33-15-16-34-27/h2-6,8-9,17,20,25,31-32H,7,10-16,18H2,1H3/t20-,25+/m0/s1. The SMILES string of the molecule is C[C@H]1CC[C@H](c2ccccc2)S(O)(O)N1Cc1ccc(C2(C#N)CCC3(CC2)OCCO3)cc1F. The van der Waals surface area contributed by atoms with Gasteiger partial charge in [-0.1, -0.05) is 42.5 Å². The number of nitriles is 1. The van der Waals surface area contributed by atoms with Crippen LogP contribution in [0.3, 0.4) is 0 Å². The van der Waals surface area contributed by atoms with E-state index in [0.717, 1.165) is 12.0 Å². The fraction of sp³-hybridized carbons (Fsp3) is 0.519. The molecule has 2 heterocycles. The largest absolute Gasteiger partial charge is 0.348 e. The molecule has 2 aromatic carbocycles. The third-order valence-electron chi connectivity index (χ3n) is 8.06. The van der Waals surface area contributed by atoms with Crippen LogP contribution in [0.25, 0.3) is 0 Å². The van der Waals surface area contributed by atoms with Gasteiger partial charge in [0.25, 0.3) is 0 Å². The van der Waals surface area contributed by atoms with Gasteiger partial charge in [0.05, 0.1) is 29.9 Å². The van der Waals surface area contributed by atoms with Gasteiger partial charge in [0, 0.05) is 31.0 Å². The van der Waals surface area contributed by atoms with Crippen LogP contribution < -0.4 is 0 Å². The Morgan fingerprint density at radius 1 is 1.06 bits per heavy atom. The first-order valence-electron chi connectivity index (χ1n) is 12.4. The van der Waals surface area contributed by atoms with E-state index in [-0.39, 0.29) is 12.6 Å². The maximum atomic E-state index is 15.4. The Labute approximate surface area is 208 Å². The van der Waals surface area contributed by atoms with Crippen LogP contribution in [0.2, 0.25) is 0 Å². The molecule has 6 nitrogen and oxygen atoms in total. The number of benzene rings is 2. The summed E-state index contributed by atoms with van der Waals surface area (Å²) >= 11 is 0. The van der Waals surface area contributed by atoms with Crippen LogP contribution in [-0.4, -0.2) is 38.5 Å². The summed E-state index contributed by atoms with van der Waals surface area (Å²) in [5.41, 5.74) is 1.17. The summed E-state index contributed by atoms with van der Waals surface area (Å²) in [5.74, 6) is -1.01. The molecule has 1 aliphatic carbocycles. The quantitative estimate of drug-likeness (QED) is 0.513. The molecule has 8 heteroatoms. The van der Waals surface area contributed by atoms with E-state index in [9.17, 15) is 14.4 Å². The molecule has 5 rings (SSSR count). The van der Waals surface area contributed by atoms with E-state index in [1.54, 1.807) is 10.4 Å². The third-order valence-corrected chi connectivity index (χ3v) is 10.5. The summed E-state index contributed by atoms with van der Waals surface area (Å²) in [6.45, 7) is 3.20. The molecule has 3 aliphatic rings. The number of halogens is 1. The van der Waals surface area contributed by atoms with Crippen LogP contribution in [0.4, 0.5) is 4.39 Å². The van der Waals surface area contributed by atoms with Gasteiger partial charge in [0.15, 0.2) is 5.79 Å². The zero-order valence-corrected chi connectivity index (χ0v) is 20.8. The highest BCUT2D eigenvalue weighted by Crippen LogP contribution is 2.63. The molecule has 1 spiro atoms. The lowest BCUT2D eigenvalue weighted by Crippen LogP contribution is -2.42. The smallest absolute Gasteiger partial charge is 0.168 e. The van der Waals surface area contributed by atoms with Crippen molar-refractivity contribution in [3.8, 4) is 6.07 Å². The second-order valence-electron chi connectivity index (χ2n) is 10.1. The summed E-state index contributed by atoms with van der Waals surface area (Å²) in [6, 6.07) is 16.9. The molecule has 2 saturated heterocycles. The molecular formula is C27H33FN2O4S. The van der Waals surface area contributed by atoms with Gasteiger partial charge in [-0.25, -0.2) is 4.39 Å². The molecule has 0 amide bonds. The first-order valence-corrected chi connectivity index (χ1v) is 13.9. The van der Waals surface area contributed by atoms with Gasteiger partial charge in [-0.2, -0.15) is 9.57 Å². The van der Waals surface area contributed by atoms with Crippen molar-refractivity contribution in [1.82, 2.24) is 4.31 Å². The van der Waals surface area contributed by atoms with E-state index in [4.69, 9.17) is 9.47 Å². The van der Waals surface area contributed by atoms with E-state index >= 15 is 4.39 Å². The summed E-state index contributed by atoms with van der Waals surface area (Å²) in [4.78, 5) is 0. The zero-order chi connectivity index (χ0) is 24.7. The lowest BCUT2D eigenvalue weighted by atomic mass is 9.68. The molecule has 0 bridgehead atoms. The number of hydrogen-bond donors (Lipinski definition) is 2. The third kappa shape index (κ3) is 4.50. The molecule has 0 unspecified atom stereocenters. The number of hydrogen-bond acceptors (Lipinski definition) is 6. The Kier molecular flexibility index (Phi) is 6.68. The van der Waals surface area contributed by atoms with Crippen molar-refractivity contribution in [3.05, 3.63) is 71.0 Å². The topological polar surface area (TPSA) is 86.0 Å². The Hall–Kier alpha value is -1.99. The molecule has 1 saturated carbocycles. The van der Waals surface area contributed by atoms with Crippen LogP contribution in [0.15, 0.2) is 48.5 Å². The van der Waals surface area contributed by atoms with E-state index in [1.165, 1.54) is 6.07 Å². The van der Waals surface area contributed by atoms with Crippen LogP contribution >= 0.6 is 10.8 Å². The molecule has 3 fully saturated rings. The van der Waals surface area contributed by atoms with Crippen LogP contribution in [0.5, 0.6) is 0 Å². The number of rotatable bonds is 4. The second kappa shape index (κ2) is 9.47. The van der Waals surface area contributed by atoms with Gasteiger partial charge >= 0.3 is 0 Å². The van der Waals surface area contributed by atoms with Crippen molar-refractivity contribution in [2.75, 3.05) is 13.2 Å². The van der Waals surface area contributed by atoms with Crippen molar-refractivity contribution in [2.45, 2.75) is 74.5 Å². The molecule has 2 aliphatic heterocycles. The van der Waals surface area contributed by atoms with Crippen molar-refractivity contribution < 1.29 is 23.0 Å². The lowest BCUT2D eigenvalue weighted by molar-refractivity contribution is -0.182. The highest BCUT2D eigenvalue weighted by molar-refractivity contribution is 8.22. The molecule has 35 heavy (non-hydrogen) atoms. The average molecular weight is 501 g/mol. The van der Waals surface area contributed by atoms with Gasteiger partial charge < -0.3 is 9.47 Å². The van der Waals surface area contributed by atoms with E-state index < -0.39 is 33.0 Å². The van der Waals surface area contributed by atoms with Crippen molar-refractivity contribution >= 4 is 10.8 Å². The normalized spacial score (nSPS) is 28.4. The van der Waals surface area contributed by atoms with Crippen molar-refractivity contribution in [3.63, 3.8) is 0 Å². The minimum Gasteiger partial charge on any atom is -0.348 e. The summed E-state index contributed by atoms with van der Waals surface area (Å²) in [7, 11) is -3.16. The van der Waals surface area contributed by atoms with Crippen LogP contribution in [0.1, 0.15) is 67.4 Å². The highest BCUT2D eigenvalue weighted by atomic mass is 32.3. The monoisotopic (exact) mass is 500 g/mol. The summed E-state index contributed by atoms with van der Waals surface area (Å²) < 4.78 is 51.2. The van der Waals surface area contributed by atoms with Gasteiger partial charge in [0.1, 0.15) is 5.82 Å². The van der Waals surface area contributed by atoms with Crippen molar-refractivity contribution in [2.24, 2.45) is 0 Å². The van der Waals surface area contributed by atoms with E-state index in [1.807, 2.05) is 43.3 Å². The summed E-state index contributed by atoms with van der Waals surface area (Å²) in [6.07, 6.45) is 3.77. The fourth-order valence-electron chi connectivity index (χ4n) is 5.84. The molecule has 2 aromatic rings. The fourth-order valence-corrected chi connectivity index (χ4v) is 8.11. The Morgan fingerprint density at radius 3 is 2.37 bits per heavy atom. The van der Waals surface area contributed by atoms with Gasteiger partial charge in [-0.05, 0) is 49.8 Å². The van der Waals surface area contributed by atoms with Gasteiger partial charge in [0.2, 0.25) is 0 Å². The lowest BCUT2D eigenvalue weighted by Gasteiger charge is -2.54. The van der Waals surface area contributed by atoms with Crippen molar-refractivity contribution in [1.29, 1.82) is 5.26 Å². The van der Waals surface area contributed by atoms with Gasteiger partial charge in [-0.3, -0.25) is 9.11 Å². The first kappa shape index (κ1) is 24.7. The Bertz CT molecular complexity index is 1090. The maximum absolute atomic E-state index is 15.4. The van der Waals surface area contributed by atoms with Crippen LogP contribution in [-0.2, 0) is 21.4 Å². The molecule has 188 valence electrons. The molecule has 0 aromatic heterocycles. The van der Waals surface area contributed by atoms with Crippen LogP contribution in [0, 0.1) is 17.1 Å². The molecule has 2 atom stereocenters. The average Bonchev–Trinajstić information content (AvgIpc) is 3.32. The first-order chi connectivity index (χ1) is 16.8. The van der Waals surface area contributed by atoms with E-state index in [0.29, 0.717) is 56.4 Å². The minimum absolute atomic E-state index is 0.0922. The predicted octanol–water partition coefficient (Wildman–Crippen LogP) is 6.30. The van der Waals surface area contributed by atoms with Gasteiger partial charge in [-0.15, -0.1) is 10.8 Å². The number of ether oxygens (including phenoxy) is 2. The Morgan fingerprint density at radius 2 is 1.74 bits per heavy atom. The molecule has 2 N–H and O–H groups in total. The van der Waals surface area contributed by atoms with E-state index in [2.05, 4.69) is 6.07 Å². The molecular weight excluding hydrogens is 467 g/mol. The summed E-state index contributed by atoms with van der Waals surface area (Å²) in [5, 5.41) is 9.66. The highest BCUT2D eigenvalue weighted by Gasteiger charge is 2.47. The zero-order valence-electron chi connectivity index (χ0n) is 20.0. The molecule has 0 radical (unpaired) electrons. The predicted molar refractivity (Wildman–Crippen MR) is 133 cm³/mol. The second-order valence-corrected chi connectivity index (χ2v) is 12.2. The maximum Gasteiger partial charge on any atom is 0.168 e. The minimum atomic E-state index is -3.16.